The number of carbonyl (C=O) groups excluding carboxylic acids is 1. The Bertz CT molecular complexity index is 790. The molecule has 0 saturated carbocycles. The van der Waals surface area contributed by atoms with Gasteiger partial charge in [-0.15, -0.1) is 0 Å². The van der Waals surface area contributed by atoms with E-state index >= 15 is 0 Å². The SMILES string of the molecule is Cc1ccc(NCC2(F)CCN(C(=O)c3ccc(F)c(Cl)c3)CC2)nc1. The van der Waals surface area contributed by atoms with E-state index in [0.29, 0.717) is 24.5 Å². The molecule has 2 aromatic rings. The van der Waals surface area contributed by atoms with Gasteiger partial charge >= 0.3 is 0 Å². The van der Waals surface area contributed by atoms with Crippen molar-refractivity contribution in [3.8, 4) is 0 Å². The van der Waals surface area contributed by atoms with E-state index in [1.54, 1.807) is 11.1 Å². The van der Waals surface area contributed by atoms with E-state index in [0.717, 1.165) is 11.6 Å². The van der Waals surface area contributed by atoms with E-state index in [1.165, 1.54) is 12.1 Å². The number of rotatable bonds is 4. The second-order valence-corrected chi connectivity index (χ2v) is 7.05. The molecule has 1 N–H and O–H groups in total. The van der Waals surface area contributed by atoms with E-state index in [2.05, 4.69) is 10.3 Å². The Labute approximate surface area is 156 Å². The van der Waals surface area contributed by atoms with Gasteiger partial charge < -0.3 is 10.2 Å². The van der Waals surface area contributed by atoms with Crippen LogP contribution in [-0.2, 0) is 0 Å². The lowest BCUT2D eigenvalue weighted by Crippen LogP contribution is -2.47. The molecule has 0 atom stereocenters. The van der Waals surface area contributed by atoms with Crippen LogP contribution < -0.4 is 5.32 Å². The Kier molecular flexibility index (Phi) is 5.41. The van der Waals surface area contributed by atoms with Crippen LogP contribution in [0, 0.1) is 12.7 Å². The third kappa shape index (κ3) is 4.30. The molecular formula is C19H20ClF2N3O. The van der Waals surface area contributed by atoms with Crippen LogP contribution in [0.25, 0.3) is 0 Å². The molecule has 0 radical (unpaired) electrons. The first-order chi connectivity index (χ1) is 12.4. The van der Waals surface area contributed by atoms with Gasteiger partial charge in [0.25, 0.3) is 5.91 Å². The van der Waals surface area contributed by atoms with E-state index in [-0.39, 0.29) is 30.3 Å². The minimum Gasteiger partial charge on any atom is -0.367 e. The Morgan fingerprint density at radius 3 is 2.65 bits per heavy atom. The Morgan fingerprint density at radius 2 is 2.04 bits per heavy atom. The maximum absolute atomic E-state index is 15.0. The average molecular weight is 380 g/mol. The molecule has 1 amide bonds. The summed E-state index contributed by atoms with van der Waals surface area (Å²) >= 11 is 5.73. The summed E-state index contributed by atoms with van der Waals surface area (Å²) in [6, 6.07) is 7.59. The lowest BCUT2D eigenvalue weighted by molar-refractivity contribution is 0.0483. The van der Waals surface area contributed by atoms with Crippen molar-refractivity contribution >= 4 is 23.3 Å². The van der Waals surface area contributed by atoms with Crippen LogP contribution in [0.15, 0.2) is 36.5 Å². The molecule has 0 bridgehead atoms. The van der Waals surface area contributed by atoms with Gasteiger partial charge in [0, 0.05) is 37.7 Å². The van der Waals surface area contributed by atoms with Crippen LogP contribution in [0.1, 0.15) is 28.8 Å². The van der Waals surface area contributed by atoms with Crippen molar-refractivity contribution in [1.29, 1.82) is 0 Å². The number of aryl methyl sites for hydroxylation is 1. The molecule has 1 aliphatic rings. The monoisotopic (exact) mass is 379 g/mol. The van der Waals surface area contributed by atoms with Crippen LogP contribution in [0.3, 0.4) is 0 Å². The highest BCUT2D eigenvalue weighted by atomic mass is 35.5. The average Bonchev–Trinajstić information content (AvgIpc) is 2.64. The van der Waals surface area contributed by atoms with Crippen molar-refractivity contribution in [2.45, 2.75) is 25.4 Å². The number of amides is 1. The van der Waals surface area contributed by atoms with Gasteiger partial charge in [-0.05, 0) is 36.8 Å². The zero-order chi connectivity index (χ0) is 18.7. The number of hydrogen-bond acceptors (Lipinski definition) is 3. The number of nitrogens with one attached hydrogen (secondary N) is 1. The number of nitrogens with zero attached hydrogens (tertiary/aromatic N) is 2. The number of pyridine rings is 1. The van der Waals surface area contributed by atoms with Gasteiger partial charge in [0.05, 0.1) is 11.6 Å². The second kappa shape index (κ2) is 7.58. The molecule has 0 aliphatic carbocycles. The maximum atomic E-state index is 15.0. The lowest BCUT2D eigenvalue weighted by Gasteiger charge is -2.36. The number of anilines is 1. The predicted molar refractivity (Wildman–Crippen MR) is 97.9 cm³/mol. The smallest absolute Gasteiger partial charge is 0.253 e. The quantitative estimate of drug-likeness (QED) is 0.864. The first-order valence-corrected chi connectivity index (χ1v) is 8.84. The summed E-state index contributed by atoms with van der Waals surface area (Å²) in [7, 11) is 0. The number of carbonyl (C=O) groups is 1. The molecule has 1 aromatic carbocycles. The van der Waals surface area contributed by atoms with E-state index < -0.39 is 11.5 Å². The molecule has 4 nitrogen and oxygen atoms in total. The van der Waals surface area contributed by atoms with Crippen LogP contribution in [0.2, 0.25) is 5.02 Å². The van der Waals surface area contributed by atoms with Gasteiger partial charge in [0.1, 0.15) is 17.3 Å². The summed E-state index contributed by atoms with van der Waals surface area (Å²) in [6.45, 7) is 2.68. The van der Waals surface area contributed by atoms with Crippen LogP contribution in [-0.4, -0.2) is 41.1 Å². The van der Waals surface area contributed by atoms with Crippen molar-refractivity contribution in [3.63, 3.8) is 0 Å². The molecule has 1 saturated heterocycles. The predicted octanol–water partition coefficient (Wildman–Crippen LogP) is 4.24. The van der Waals surface area contributed by atoms with Gasteiger partial charge in [0.2, 0.25) is 0 Å². The summed E-state index contributed by atoms with van der Waals surface area (Å²) in [5.41, 5.74) is -0.0491. The summed E-state index contributed by atoms with van der Waals surface area (Å²) in [5, 5.41) is 2.93. The standard InChI is InChI=1S/C19H20ClF2N3O/c1-13-2-5-17(23-11-13)24-12-19(22)6-8-25(9-7-19)18(26)14-3-4-16(21)15(20)10-14/h2-5,10-11H,6-9,12H2,1H3,(H,23,24). The topological polar surface area (TPSA) is 45.2 Å². The highest BCUT2D eigenvalue weighted by Crippen LogP contribution is 2.28. The highest BCUT2D eigenvalue weighted by Gasteiger charge is 2.36. The molecular weight excluding hydrogens is 360 g/mol. The van der Waals surface area contributed by atoms with Crippen molar-refractivity contribution in [2.24, 2.45) is 0 Å². The van der Waals surface area contributed by atoms with Gasteiger partial charge in [-0.3, -0.25) is 4.79 Å². The molecule has 2 heterocycles. The zero-order valence-corrected chi connectivity index (χ0v) is 15.2. The zero-order valence-electron chi connectivity index (χ0n) is 14.4. The lowest BCUT2D eigenvalue weighted by atomic mass is 9.92. The Hall–Kier alpha value is -2.21. The Morgan fingerprint density at radius 1 is 1.31 bits per heavy atom. The Balaban J connectivity index is 1.56. The normalized spacial score (nSPS) is 16.4. The minimum atomic E-state index is -1.40. The fourth-order valence-electron chi connectivity index (χ4n) is 2.92. The first kappa shape index (κ1) is 18.6. The minimum absolute atomic E-state index is 0.0949. The van der Waals surface area contributed by atoms with E-state index in [9.17, 15) is 13.6 Å². The molecule has 26 heavy (non-hydrogen) atoms. The number of hydrogen-bond donors (Lipinski definition) is 1. The number of benzene rings is 1. The summed E-state index contributed by atoms with van der Waals surface area (Å²) < 4.78 is 28.2. The molecule has 3 rings (SSSR count). The van der Waals surface area contributed by atoms with Gasteiger partial charge in [0.15, 0.2) is 0 Å². The molecule has 1 aromatic heterocycles. The number of alkyl halides is 1. The van der Waals surface area contributed by atoms with Gasteiger partial charge in [-0.1, -0.05) is 17.7 Å². The summed E-state index contributed by atoms with van der Waals surface area (Å²) in [5.74, 6) is -0.199. The molecule has 1 fully saturated rings. The van der Waals surface area contributed by atoms with Crippen molar-refractivity contribution in [1.82, 2.24) is 9.88 Å². The molecule has 0 unspecified atom stereocenters. The molecule has 0 spiro atoms. The van der Waals surface area contributed by atoms with Gasteiger partial charge in [-0.2, -0.15) is 0 Å². The van der Waals surface area contributed by atoms with Crippen LogP contribution >= 0.6 is 11.6 Å². The van der Waals surface area contributed by atoms with Crippen LogP contribution in [0.4, 0.5) is 14.6 Å². The highest BCUT2D eigenvalue weighted by molar-refractivity contribution is 6.31. The number of piperidine rings is 1. The summed E-state index contributed by atoms with van der Waals surface area (Å²) in [6.07, 6.45) is 2.18. The van der Waals surface area contributed by atoms with E-state index in [4.69, 9.17) is 11.6 Å². The number of halogens is 3. The van der Waals surface area contributed by atoms with Crippen molar-refractivity contribution < 1.29 is 13.6 Å². The molecule has 1 aliphatic heterocycles. The van der Waals surface area contributed by atoms with E-state index in [1.807, 2.05) is 19.1 Å². The van der Waals surface area contributed by atoms with Gasteiger partial charge in [-0.25, -0.2) is 13.8 Å². The number of aromatic nitrogens is 1. The van der Waals surface area contributed by atoms with Crippen LogP contribution in [0.5, 0.6) is 0 Å². The fraction of sp³-hybridized carbons (Fsp3) is 0.368. The fourth-order valence-corrected chi connectivity index (χ4v) is 3.10. The molecule has 138 valence electrons. The number of likely N-dealkylation sites (tertiary alicyclic amines) is 1. The third-order valence-corrected chi connectivity index (χ3v) is 4.90. The first-order valence-electron chi connectivity index (χ1n) is 8.46. The third-order valence-electron chi connectivity index (χ3n) is 4.61. The van der Waals surface area contributed by atoms with Crippen molar-refractivity contribution in [3.05, 3.63) is 58.5 Å². The second-order valence-electron chi connectivity index (χ2n) is 6.65. The molecule has 7 heteroatoms. The largest absolute Gasteiger partial charge is 0.367 e. The maximum Gasteiger partial charge on any atom is 0.253 e. The van der Waals surface area contributed by atoms with Crippen molar-refractivity contribution in [2.75, 3.05) is 25.0 Å². The summed E-state index contributed by atoms with van der Waals surface area (Å²) in [4.78, 5) is 18.3.